The molecular weight excluding hydrogens is 366 g/mol. The molecule has 0 bridgehead atoms. The molecule has 29 heavy (non-hydrogen) atoms. The van der Waals surface area contributed by atoms with E-state index in [0.717, 1.165) is 49.2 Å². The molecule has 3 aromatic rings. The van der Waals surface area contributed by atoms with E-state index in [1.54, 1.807) is 4.57 Å². The van der Waals surface area contributed by atoms with Crippen LogP contribution in [0, 0.1) is 12.8 Å². The number of fused-ring (bicyclic) bond motifs is 1. The maximum absolute atomic E-state index is 12.4. The number of rotatable bonds is 5. The van der Waals surface area contributed by atoms with Crippen molar-refractivity contribution in [1.29, 1.82) is 0 Å². The Balaban J connectivity index is 1.46. The Morgan fingerprint density at radius 1 is 1.31 bits per heavy atom. The third-order valence-electron chi connectivity index (χ3n) is 5.40. The Morgan fingerprint density at radius 2 is 2.10 bits per heavy atom. The molecule has 3 heterocycles. The molecular formula is C21H27N7O. The van der Waals surface area contributed by atoms with E-state index >= 15 is 0 Å². The van der Waals surface area contributed by atoms with Gasteiger partial charge in [-0.25, -0.2) is 4.79 Å². The van der Waals surface area contributed by atoms with Crippen LogP contribution < -0.4 is 17.2 Å². The largest absolute Gasteiger partial charge is 0.370 e. The number of benzene rings is 1. The minimum Gasteiger partial charge on any atom is -0.370 e. The summed E-state index contributed by atoms with van der Waals surface area (Å²) >= 11 is 0. The zero-order valence-electron chi connectivity index (χ0n) is 16.6. The fraction of sp³-hybridized carbons (Fsp3) is 0.381. The Morgan fingerprint density at radius 3 is 2.86 bits per heavy atom. The van der Waals surface area contributed by atoms with Crippen molar-refractivity contribution in [3.63, 3.8) is 0 Å². The number of guanidine groups is 1. The van der Waals surface area contributed by atoms with Gasteiger partial charge in [-0.1, -0.05) is 12.1 Å². The first-order valence-electron chi connectivity index (χ1n) is 9.94. The first kappa shape index (κ1) is 19.2. The molecule has 5 N–H and O–H groups in total. The maximum atomic E-state index is 12.4. The number of nitrogens with zero attached hydrogens (tertiary/aromatic N) is 4. The van der Waals surface area contributed by atoms with Gasteiger partial charge in [-0.15, -0.1) is 0 Å². The molecule has 0 saturated carbocycles. The third-order valence-corrected chi connectivity index (χ3v) is 5.40. The average molecular weight is 393 g/mol. The van der Waals surface area contributed by atoms with Crippen molar-refractivity contribution in [2.75, 3.05) is 19.6 Å². The van der Waals surface area contributed by atoms with E-state index in [-0.39, 0.29) is 11.6 Å². The minimum atomic E-state index is -0.286. The molecule has 1 saturated heterocycles. The van der Waals surface area contributed by atoms with Crippen LogP contribution in [0.5, 0.6) is 0 Å². The summed E-state index contributed by atoms with van der Waals surface area (Å²) in [6.07, 6.45) is 4.14. The Kier molecular flexibility index (Phi) is 5.35. The van der Waals surface area contributed by atoms with Gasteiger partial charge in [0.05, 0.1) is 5.69 Å². The maximum Gasteiger partial charge on any atom is 0.354 e. The molecule has 0 aliphatic carbocycles. The number of aromatic nitrogens is 3. The minimum absolute atomic E-state index is 0.162. The lowest BCUT2D eigenvalue weighted by atomic mass is 9.97. The highest BCUT2D eigenvalue weighted by Crippen LogP contribution is 2.20. The van der Waals surface area contributed by atoms with E-state index in [4.69, 9.17) is 11.5 Å². The number of aromatic amines is 1. The first-order valence-corrected chi connectivity index (χ1v) is 9.94. The molecule has 1 atom stereocenters. The summed E-state index contributed by atoms with van der Waals surface area (Å²) in [6.45, 7) is 5.59. The van der Waals surface area contributed by atoms with Crippen LogP contribution >= 0.6 is 0 Å². The standard InChI is InChI=1S/C21H27N7O/c1-14-9-17-13-28(21(29)26-19(17)25-14)18-6-4-15(5-7-18)11-27-8-2-3-16(12-27)10-24-20(22)23/h4-7,9,13,16H,2-3,8,10-12H2,1H3,(H4,22,23,24)(H,25,26,29)/t16-/m1/s1. The molecule has 1 aliphatic rings. The molecule has 8 nitrogen and oxygen atoms in total. The SMILES string of the molecule is Cc1cc2cn(-c3ccc(CN4CCC[C@H](CN=C(N)N)C4)cc3)c(=O)nc2[nH]1. The molecule has 1 aliphatic heterocycles. The number of H-pyrrole nitrogens is 1. The van der Waals surface area contributed by atoms with E-state index in [9.17, 15) is 4.79 Å². The highest BCUT2D eigenvalue weighted by molar-refractivity contribution is 5.76. The Hall–Kier alpha value is -3.13. The molecule has 1 aromatic carbocycles. The molecule has 0 radical (unpaired) electrons. The second-order valence-electron chi connectivity index (χ2n) is 7.83. The quantitative estimate of drug-likeness (QED) is 0.448. The van der Waals surface area contributed by atoms with Crippen molar-refractivity contribution in [1.82, 2.24) is 19.4 Å². The van der Waals surface area contributed by atoms with Crippen molar-refractivity contribution in [3.8, 4) is 5.69 Å². The van der Waals surface area contributed by atoms with Crippen LogP contribution in [0.15, 0.2) is 46.3 Å². The van der Waals surface area contributed by atoms with Gasteiger partial charge in [0.25, 0.3) is 0 Å². The second kappa shape index (κ2) is 8.08. The second-order valence-corrected chi connectivity index (χ2v) is 7.83. The van der Waals surface area contributed by atoms with E-state index in [1.165, 1.54) is 5.56 Å². The normalized spacial score (nSPS) is 17.5. The number of hydrogen-bond donors (Lipinski definition) is 3. The summed E-state index contributed by atoms with van der Waals surface area (Å²) in [6, 6.07) is 10.1. The summed E-state index contributed by atoms with van der Waals surface area (Å²) in [5, 5.41) is 0.923. The number of nitrogens with one attached hydrogen (secondary N) is 1. The number of nitrogens with two attached hydrogens (primary N) is 2. The van der Waals surface area contributed by atoms with Crippen LogP contribution in [0.1, 0.15) is 24.1 Å². The lowest BCUT2D eigenvalue weighted by molar-refractivity contribution is 0.171. The molecule has 0 unspecified atom stereocenters. The smallest absolute Gasteiger partial charge is 0.354 e. The van der Waals surface area contributed by atoms with Crippen molar-refractivity contribution in [2.45, 2.75) is 26.3 Å². The molecule has 1 fully saturated rings. The predicted molar refractivity (Wildman–Crippen MR) is 115 cm³/mol. The summed E-state index contributed by atoms with van der Waals surface area (Å²) in [4.78, 5) is 26.2. The van der Waals surface area contributed by atoms with Gasteiger partial charge in [0, 0.05) is 36.9 Å². The van der Waals surface area contributed by atoms with Gasteiger partial charge in [0.15, 0.2) is 5.96 Å². The predicted octanol–water partition coefficient (Wildman–Crippen LogP) is 1.51. The van der Waals surface area contributed by atoms with Gasteiger partial charge >= 0.3 is 5.69 Å². The summed E-state index contributed by atoms with van der Waals surface area (Å²) in [5.41, 5.74) is 14.3. The lowest BCUT2D eigenvalue weighted by Gasteiger charge is -2.32. The number of aryl methyl sites for hydroxylation is 1. The van der Waals surface area contributed by atoms with Gasteiger partial charge in [-0.3, -0.25) is 14.5 Å². The van der Waals surface area contributed by atoms with Crippen molar-refractivity contribution in [2.24, 2.45) is 22.4 Å². The number of piperidine rings is 1. The van der Waals surface area contributed by atoms with Gasteiger partial charge in [-0.05, 0) is 56.0 Å². The fourth-order valence-electron chi connectivity index (χ4n) is 4.01. The van der Waals surface area contributed by atoms with Crippen molar-refractivity contribution < 1.29 is 0 Å². The first-order chi connectivity index (χ1) is 14.0. The lowest BCUT2D eigenvalue weighted by Crippen LogP contribution is -2.36. The summed E-state index contributed by atoms with van der Waals surface area (Å²) in [7, 11) is 0. The van der Waals surface area contributed by atoms with E-state index in [0.29, 0.717) is 18.1 Å². The van der Waals surface area contributed by atoms with Crippen LogP contribution in [-0.2, 0) is 6.54 Å². The van der Waals surface area contributed by atoms with E-state index < -0.39 is 0 Å². The molecule has 0 amide bonds. The zero-order chi connectivity index (χ0) is 20.4. The monoisotopic (exact) mass is 393 g/mol. The molecule has 4 rings (SSSR count). The fourth-order valence-corrected chi connectivity index (χ4v) is 4.01. The van der Waals surface area contributed by atoms with Crippen molar-refractivity contribution >= 4 is 17.0 Å². The Bertz CT molecular complexity index is 1080. The van der Waals surface area contributed by atoms with Crippen LogP contribution in [0.25, 0.3) is 16.7 Å². The summed E-state index contributed by atoms with van der Waals surface area (Å²) in [5.74, 6) is 0.654. The molecule has 8 heteroatoms. The highest BCUT2D eigenvalue weighted by Gasteiger charge is 2.19. The Labute approximate surface area is 169 Å². The van der Waals surface area contributed by atoms with Crippen LogP contribution in [0.2, 0.25) is 0 Å². The highest BCUT2D eigenvalue weighted by atomic mass is 16.1. The van der Waals surface area contributed by atoms with E-state index in [1.807, 2.05) is 31.3 Å². The van der Waals surface area contributed by atoms with Crippen LogP contribution in [0.4, 0.5) is 0 Å². The van der Waals surface area contributed by atoms with Gasteiger partial charge in [0.2, 0.25) is 0 Å². The van der Waals surface area contributed by atoms with Gasteiger partial charge in [-0.2, -0.15) is 4.98 Å². The van der Waals surface area contributed by atoms with Crippen LogP contribution in [0.3, 0.4) is 0 Å². The molecule has 0 spiro atoms. The van der Waals surface area contributed by atoms with Crippen LogP contribution in [-0.4, -0.2) is 45.0 Å². The molecule has 152 valence electrons. The zero-order valence-corrected chi connectivity index (χ0v) is 16.6. The number of aliphatic imine (C=N–C) groups is 1. The van der Waals surface area contributed by atoms with E-state index in [2.05, 4.69) is 32.0 Å². The third kappa shape index (κ3) is 4.48. The summed E-state index contributed by atoms with van der Waals surface area (Å²) < 4.78 is 1.59. The van der Waals surface area contributed by atoms with Gasteiger partial charge in [0.1, 0.15) is 5.65 Å². The molecule has 2 aromatic heterocycles. The topological polar surface area (TPSA) is 118 Å². The van der Waals surface area contributed by atoms with Gasteiger partial charge < -0.3 is 16.5 Å². The average Bonchev–Trinajstić information content (AvgIpc) is 3.05. The van der Waals surface area contributed by atoms with Crippen molar-refractivity contribution in [3.05, 3.63) is 58.3 Å². The number of likely N-dealkylation sites (tertiary alicyclic amines) is 1. The number of hydrogen-bond acceptors (Lipinski definition) is 4.